The molecule has 0 fully saturated rings. The van der Waals surface area contributed by atoms with Gasteiger partial charge in [-0.25, -0.2) is 0 Å². The van der Waals surface area contributed by atoms with Gasteiger partial charge in [-0.1, -0.05) is 143 Å². The van der Waals surface area contributed by atoms with Gasteiger partial charge in [-0.15, -0.1) is 0 Å². The highest BCUT2D eigenvalue weighted by Crippen LogP contribution is 2.48. The lowest BCUT2D eigenvalue weighted by molar-refractivity contribution is 1.16. The first kappa shape index (κ1) is 29.1. The Labute approximate surface area is 269 Å². The van der Waals surface area contributed by atoms with Gasteiger partial charge in [0.15, 0.2) is 0 Å². The van der Waals surface area contributed by atoms with Gasteiger partial charge >= 0.3 is 0 Å². The van der Waals surface area contributed by atoms with E-state index in [0.717, 1.165) is 19.3 Å². The third kappa shape index (κ3) is 5.78. The van der Waals surface area contributed by atoms with Crippen LogP contribution in [-0.4, -0.2) is 0 Å². The van der Waals surface area contributed by atoms with Crippen molar-refractivity contribution in [2.75, 3.05) is 0 Å². The second kappa shape index (κ2) is 11.7. The maximum Gasteiger partial charge on any atom is -0.00130 e. The average Bonchev–Trinajstić information content (AvgIpc) is 3.68. The maximum atomic E-state index is 2.36. The second-order valence-corrected chi connectivity index (χ2v) is 13.5. The SMILES string of the molecule is Cc1cc2c3c(c1)Cc1cc(C)cc(c1-3)C2.Cc1ccc(-c2ccc(C)cc2)cc1.Cc1ccc2c(c1)Cc1cc(C)ccc1-2. The van der Waals surface area contributed by atoms with E-state index in [9.17, 15) is 0 Å². The zero-order chi connectivity index (χ0) is 31.2. The van der Waals surface area contributed by atoms with E-state index in [1.807, 2.05) is 0 Å². The molecule has 6 aromatic rings. The molecule has 0 saturated heterocycles. The Hall–Kier alpha value is -4.68. The van der Waals surface area contributed by atoms with Crippen LogP contribution in [0.15, 0.2) is 109 Å². The zero-order valence-electron chi connectivity index (χ0n) is 27.5. The van der Waals surface area contributed by atoms with Gasteiger partial charge in [-0.2, -0.15) is 0 Å². The molecule has 222 valence electrons. The number of benzene rings is 6. The number of rotatable bonds is 1. The van der Waals surface area contributed by atoms with Crippen LogP contribution in [0.5, 0.6) is 0 Å². The predicted molar refractivity (Wildman–Crippen MR) is 192 cm³/mol. The van der Waals surface area contributed by atoms with E-state index in [2.05, 4.69) is 151 Å². The first-order chi connectivity index (χ1) is 21.7. The molecule has 0 aromatic heterocycles. The molecular weight excluding hydrogens is 540 g/mol. The lowest BCUT2D eigenvalue weighted by Gasteiger charge is -2.05. The molecule has 6 aromatic carbocycles. The molecule has 0 nitrogen and oxygen atoms in total. The van der Waals surface area contributed by atoms with Crippen molar-refractivity contribution in [1.82, 2.24) is 0 Å². The van der Waals surface area contributed by atoms with Crippen LogP contribution in [0.4, 0.5) is 0 Å². The van der Waals surface area contributed by atoms with E-state index < -0.39 is 0 Å². The van der Waals surface area contributed by atoms with E-state index in [0.29, 0.717) is 0 Å². The largest absolute Gasteiger partial charge is 0.0587 e. The Balaban J connectivity index is 0.000000109. The van der Waals surface area contributed by atoms with E-state index >= 15 is 0 Å². The summed E-state index contributed by atoms with van der Waals surface area (Å²) in [6, 6.07) is 40.3. The number of hydrogen-bond donors (Lipinski definition) is 0. The fraction of sp³-hybridized carbons (Fsp3) is 0.200. The number of aryl methyl sites for hydroxylation is 6. The minimum atomic E-state index is 1.11. The monoisotopic (exact) mass is 582 g/mol. The molecule has 0 unspecified atom stereocenters. The zero-order valence-corrected chi connectivity index (χ0v) is 27.5. The maximum absolute atomic E-state index is 2.36. The summed E-state index contributed by atoms with van der Waals surface area (Å²) in [5.74, 6) is 0. The standard InChI is InChI=1S/C16H14.C15H14.C14H14/c1-9-3-11-7-13-5-10(2)6-14-8-12(4-9)15(11)16(13)14;1-10-3-5-14-12(7-10)9-13-8-11(2)4-6-15(13)14;1-11-3-7-13(8-4-11)14-9-5-12(2)6-10-14/h3-6H,7-8H2,1-2H3;3-8H,9H2,1-2H3;3-10H,1-2H3. The topological polar surface area (TPSA) is 0 Å². The molecule has 0 heteroatoms. The predicted octanol–water partition coefficient (Wildman–Crippen LogP) is 11.6. The molecular formula is C45H42. The molecule has 0 spiro atoms. The Morgan fingerprint density at radius 1 is 0.289 bits per heavy atom. The van der Waals surface area contributed by atoms with Crippen molar-refractivity contribution < 1.29 is 0 Å². The van der Waals surface area contributed by atoms with Crippen LogP contribution in [0.1, 0.15) is 66.8 Å². The van der Waals surface area contributed by atoms with Gasteiger partial charge in [0.1, 0.15) is 0 Å². The van der Waals surface area contributed by atoms with E-state index in [-0.39, 0.29) is 0 Å². The summed E-state index contributed by atoms with van der Waals surface area (Å²) in [5.41, 5.74) is 25.9. The summed E-state index contributed by atoms with van der Waals surface area (Å²) >= 11 is 0. The van der Waals surface area contributed by atoms with Crippen LogP contribution in [-0.2, 0) is 19.3 Å². The molecule has 0 N–H and O–H groups in total. The highest BCUT2D eigenvalue weighted by atomic mass is 14.3. The summed E-state index contributed by atoms with van der Waals surface area (Å²) in [6.07, 6.45) is 3.40. The quantitative estimate of drug-likeness (QED) is 0.181. The van der Waals surface area contributed by atoms with Crippen molar-refractivity contribution in [3.63, 3.8) is 0 Å². The molecule has 0 amide bonds. The Morgan fingerprint density at radius 3 is 0.933 bits per heavy atom. The summed E-state index contributed by atoms with van der Waals surface area (Å²) in [5, 5.41) is 0. The van der Waals surface area contributed by atoms with Gasteiger partial charge < -0.3 is 0 Å². The second-order valence-electron chi connectivity index (χ2n) is 13.5. The van der Waals surface area contributed by atoms with Crippen molar-refractivity contribution in [3.8, 4) is 33.4 Å². The molecule has 45 heavy (non-hydrogen) atoms. The molecule has 3 aliphatic carbocycles. The molecule has 0 atom stereocenters. The van der Waals surface area contributed by atoms with Gasteiger partial charge in [0.25, 0.3) is 0 Å². The highest BCUT2D eigenvalue weighted by Gasteiger charge is 2.29. The molecule has 0 heterocycles. The van der Waals surface area contributed by atoms with Crippen LogP contribution < -0.4 is 0 Å². The molecule has 3 aliphatic rings. The smallest absolute Gasteiger partial charge is 0.00130 e. The van der Waals surface area contributed by atoms with Crippen molar-refractivity contribution in [2.24, 2.45) is 0 Å². The Morgan fingerprint density at radius 2 is 0.578 bits per heavy atom. The fourth-order valence-corrected chi connectivity index (χ4v) is 7.45. The number of fused-ring (bicyclic) bond motifs is 3. The Kier molecular flexibility index (Phi) is 7.54. The summed E-state index contributed by atoms with van der Waals surface area (Å²) < 4.78 is 0. The molecule has 9 rings (SSSR count). The third-order valence-corrected chi connectivity index (χ3v) is 9.53. The average molecular weight is 583 g/mol. The van der Waals surface area contributed by atoms with Crippen LogP contribution in [0.25, 0.3) is 33.4 Å². The van der Waals surface area contributed by atoms with Gasteiger partial charge in [-0.05, 0) is 128 Å². The Bertz CT molecular complexity index is 1860. The van der Waals surface area contributed by atoms with E-state index in [1.165, 1.54) is 66.8 Å². The summed E-state index contributed by atoms with van der Waals surface area (Å²) in [6.45, 7) is 13.0. The number of hydrogen-bond acceptors (Lipinski definition) is 0. The molecule has 0 saturated carbocycles. The van der Waals surface area contributed by atoms with E-state index in [1.54, 1.807) is 33.4 Å². The van der Waals surface area contributed by atoms with Crippen molar-refractivity contribution in [3.05, 3.63) is 176 Å². The van der Waals surface area contributed by atoms with Gasteiger partial charge in [-0.3, -0.25) is 0 Å². The minimum absolute atomic E-state index is 1.11. The first-order valence-electron chi connectivity index (χ1n) is 16.3. The van der Waals surface area contributed by atoms with Gasteiger partial charge in [0.05, 0.1) is 0 Å². The highest BCUT2D eigenvalue weighted by molar-refractivity contribution is 5.87. The van der Waals surface area contributed by atoms with Crippen molar-refractivity contribution >= 4 is 0 Å². The summed E-state index contributed by atoms with van der Waals surface area (Å²) in [7, 11) is 0. The van der Waals surface area contributed by atoms with Crippen LogP contribution in [0.2, 0.25) is 0 Å². The van der Waals surface area contributed by atoms with E-state index in [4.69, 9.17) is 0 Å². The van der Waals surface area contributed by atoms with Crippen molar-refractivity contribution in [2.45, 2.75) is 60.8 Å². The molecule has 0 aliphatic heterocycles. The lowest BCUT2D eigenvalue weighted by Crippen LogP contribution is -1.91. The third-order valence-electron chi connectivity index (χ3n) is 9.53. The van der Waals surface area contributed by atoms with Crippen LogP contribution >= 0.6 is 0 Å². The minimum Gasteiger partial charge on any atom is -0.0587 e. The summed E-state index contributed by atoms with van der Waals surface area (Å²) in [4.78, 5) is 0. The van der Waals surface area contributed by atoms with Gasteiger partial charge in [0.2, 0.25) is 0 Å². The van der Waals surface area contributed by atoms with Gasteiger partial charge in [0, 0.05) is 0 Å². The van der Waals surface area contributed by atoms with Crippen molar-refractivity contribution in [1.29, 1.82) is 0 Å². The fourth-order valence-electron chi connectivity index (χ4n) is 7.45. The first-order valence-corrected chi connectivity index (χ1v) is 16.3. The van der Waals surface area contributed by atoms with Crippen LogP contribution in [0.3, 0.4) is 0 Å². The molecule has 0 radical (unpaired) electrons. The lowest BCUT2D eigenvalue weighted by atomic mass is 9.99. The van der Waals surface area contributed by atoms with Crippen LogP contribution in [0, 0.1) is 41.5 Å². The normalized spacial score (nSPS) is 12.4. The molecule has 0 bridgehead atoms.